The summed E-state index contributed by atoms with van der Waals surface area (Å²) in [4.78, 5) is 38.8. The molecule has 0 radical (unpaired) electrons. The Morgan fingerprint density at radius 1 is 0.935 bits per heavy atom. The van der Waals surface area contributed by atoms with Crippen molar-refractivity contribution < 1.29 is 9.59 Å². The van der Waals surface area contributed by atoms with Crippen LogP contribution < -0.4 is 0 Å². The minimum absolute atomic E-state index is 0.0714. The van der Waals surface area contributed by atoms with Gasteiger partial charge in [0.2, 0.25) is 5.91 Å². The lowest BCUT2D eigenvalue weighted by Crippen LogP contribution is -2.52. The summed E-state index contributed by atoms with van der Waals surface area (Å²) in [6.45, 7) is 14.1. The maximum Gasteiger partial charge on any atom is 0.319 e. The first-order valence-corrected chi connectivity index (χ1v) is 12.7. The van der Waals surface area contributed by atoms with Gasteiger partial charge in [0.1, 0.15) is 0 Å². The smallest absolute Gasteiger partial charge is 0.319 e. The summed E-state index contributed by atoms with van der Waals surface area (Å²) in [6, 6.07) is 0.175. The average Bonchev–Trinajstić information content (AvgIpc) is 3.46. The van der Waals surface area contributed by atoms with Crippen LogP contribution >= 0.6 is 11.3 Å². The van der Waals surface area contributed by atoms with E-state index < -0.39 is 0 Å². The molecule has 7 nitrogen and oxygen atoms in total. The van der Waals surface area contributed by atoms with Crippen molar-refractivity contribution >= 4 is 23.3 Å². The number of piperazine rings is 1. The van der Waals surface area contributed by atoms with E-state index in [0.29, 0.717) is 13.1 Å². The summed E-state index contributed by atoms with van der Waals surface area (Å²) < 4.78 is 0. The Morgan fingerprint density at radius 3 is 2.13 bits per heavy atom. The van der Waals surface area contributed by atoms with Gasteiger partial charge in [-0.2, -0.15) is 0 Å². The molecule has 3 aliphatic heterocycles. The molecule has 0 unspecified atom stereocenters. The largest absolute Gasteiger partial charge is 0.340 e. The van der Waals surface area contributed by atoms with Crippen LogP contribution in [0.3, 0.4) is 0 Å². The average molecular weight is 448 g/mol. The molecule has 0 saturated carbocycles. The summed E-state index contributed by atoms with van der Waals surface area (Å²) in [7, 11) is 0. The van der Waals surface area contributed by atoms with Crippen molar-refractivity contribution in [2.24, 2.45) is 5.92 Å². The van der Waals surface area contributed by atoms with Gasteiger partial charge in [0.15, 0.2) is 0 Å². The summed E-state index contributed by atoms with van der Waals surface area (Å²) in [5.41, 5.74) is 1.24. The van der Waals surface area contributed by atoms with Gasteiger partial charge >= 0.3 is 6.03 Å². The van der Waals surface area contributed by atoms with Crippen LogP contribution in [0, 0.1) is 5.92 Å². The molecule has 3 fully saturated rings. The van der Waals surface area contributed by atoms with Crippen molar-refractivity contribution in [3.8, 4) is 0 Å². The molecule has 0 spiro atoms. The molecule has 1 aromatic heterocycles. The van der Waals surface area contributed by atoms with Gasteiger partial charge in [-0.3, -0.25) is 9.69 Å². The van der Waals surface area contributed by atoms with Crippen molar-refractivity contribution in [2.45, 2.75) is 58.4 Å². The lowest BCUT2D eigenvalue weighted by atomic mass is 9.95. The van der Waals surface area contributed by atoms with Gasteiger partial charge < -0.3 is 14.7 Å². The number of hydrogen-bond donors (Lipinski definition) is 0. The van der Waals surface area contributed by atoms with Crippen LogP contribution in [0.1, 0.15) is 57.2 Å². The molecule has 3 saturated heterocycles. The number of amides is 3. The minimum Gasteiger partial charge on any atom is -0.340 e. The Morgan fingerprint density at radius 2 is 1.55 bits per heavy atom. The third-order valence-electron chi connectivity index (χ3n) is 6.75. The van der Waals surface area contributed by atoms with Crippen molar-refractivity contribution in [1.82, 2.24) is 24.6 Å². The first kappa shape index (κ1) is 22.5. The van der Waals surface area contributed by atoms with Gasteiger partial charge in [-0.1, -0.05) is 20.8 Å². The van der Waals surface area contributed by atoms with E-state index in [2.05, 4.69) is 31.1 Å². The van der Waals surface area contributed by atoms with Gasteiger partial charge in [-0.05, 0) is 25.7 Å². The molecule has 31 heavy (non-hydrogen) atoms. The van der Waals surface area contributed by atoms with Crippen LogP contribution in [0.2, 0.25) is 0 Å². The number of rotatable bonds is 3. The molecule has 8 heteroatoms. The Kier molecular flexibility index (Phi) is 6.86. The second-order valence-corrected chi connectivity index (χ2v) is 11.1. The maximum atomic E-state index is 13.0. The van der Waals surface area contributed by atoms with Crippen LogP contribution in [0.15, 0.2) is 5.38 Å². The van der Waals surface area contributed by atoms with Gasteiger partial charge in [0, 0.05) is 75.6 Å². The number of likely N-dealkylation sites (tertiary alicyclic amines) is 2. The predicted molar refractivity (Wildman–Crippen MR) is 123 cm³/mol. The number of nitrogens with zero attached hydrogens (tertiary/aromatic N) is 5. The van der Waals surface area contributed by atoms with E-state index in [9.17, 15) is 9.59 Å². The molecule has 0 aromatic carbocycles. The van der Waals surface area contributed by atoms with Gasteiger partial charge in [0.05, 0.1) is 10.7 Å². The molecule has 4 rings (SSSR count). The Hall–Kier alpha value is -1.67. The molecular formula is C23H37N5O2S. The third kappa shape index (κ3) is 5.40. The number of hydrogen-bond acceptors (Lipinski definition) is 5. The second-order valence-electron chi connectivity index (χ2n) is 10.2. The van der Waals surface area contributed by atoms with Crippen molar-refractivity contribution in [3.63, 3.8) is 0 Å². The fraction of sp³-hybridized carbons (Fsp3) is 0.783. The highest BCUT2D eigenvalue weighted by molar-refractivity contribution is 7.09. The maximum absolute atomic E-state index is 13.0. The zero-order valence-corrected chi connectivity index (χ0v) is 20.1. The first-order chi connectivity index (χ1) is 14.8. The molecule has 1 aromatic rings. The Bertz CT molecular complexity index is 767. The van der Waals surface area contributed by atoms with E-state index in [-0.39, 0.29) is 23.3 Å². The van der Waals surface area contributed by atoms with E-state index >= 15 is 0 Å². The number of thiazole rings is 1. The molecule has 3 amide bonds. The topological polar surface area (TPSA) is 60.0 Å². The molecular weight excluding hydrogens is 410 g/mol. The third-order valence-corrected chi connectivity index (χ3v) is 8.07. The van der Waals surface area contributed by atoms with E-state index in [1.807, 2.05) is 14.7 Å². The standard InChI is InChI=1S/C23H37N5O2S/c1-23(2,3)21-24-19(17-31-21)16-25-12-14-26(15-13-25)20(29)18-6-10-28(11-7-18)22(30)27-8-4-5-9-27/h17-18H,4-16H2,1-3H3. The van der Waals surface area contributed by atoms with Crippen LogP contribution in [-0.4, -0.2) is 88.9 Å². The summed E-state index contributed by atoms with van der Waals surface area (Å²) in [5, 5.41) is 3.36. The molecule has 0 aliphatic carbocycles. The molecule has 4 heterocycles. The van der Waals surface area contributed by atoms with Crippen LogP contribution in [-0.2, 0) is 16.8 Å². The summed E-state index contributed by atoms with van der Waals surface area (Å²) in [6.07, 6.45) is 3.83. The SMILES string of the molecule is CC(C)(C)c1nc(CN2CCN(C(=O)C3CCN(C(=O)N4CCCC4)CC3)CC2)cs1. The van der Waals surface area contributed by atoms with Gasteiger partial charge in [0.25, 0.3) is 0 Å². The lowest BCUT2D eigenvalue weighted by Gasteiger charge is -2.39. The van der Waals surface area contributed by atoms with Gasteiger partial charge in [-0.15, -0.1) is 11.3 Å². The quantitative estimate of drug-likeness (QED) is 0.715. The fourth-order valence-electron chi connectivity index (χ4n) is 4.76. The van der Waals surface area contributed by atoms with E-state index in [1.54, 1.807) is 11.3 Å². The van der Waals surface area contributed by atoms with Crippen LogP contribution in [0.5, 0.6) is 0 Å². The molecule has 3 aliphatic rings. The summed E-state index contributed by atoms with van der Waals surface area (Å²) >= 11 is 1.75. The lowest BCUT2D eigenvalue weighted by molar-refractivity contribution is -0.138. The Balaban J connectivity index is 1.21. The van der Waals surface area contributed by atoms with Crippen molar-refractivity contribution in [2.75, 3.05) is 52.4 Å². The molecule has 172 valence electrons. The highest BCUT2D eigenvalue weighted by atomic mass is 32.1. The second kappa shape index (κ2) is 9.45. The number of carbonyl (C=O) groups excluding carboxylic acids is 2. The molecule has 0 bridgehead atoms. The van der Waals surface area contributed by atoms with Crippen LogP contribution in [0.4, 0.5) is 4.79 Å². The van der Waals surface area contributed by atoms with E-state index in [0.717, 1.165) is 77.2 Å². The van der Waals surface area contributed by atoms with E-state index in [1.165, 1.54) is 5.01 Å². The first-order valence-electron chi connectivity index (χ1n) is 11.8. The van der Waals surface area contributed by atoms with Crippen molar-refractivity contribution in [1.29, 1.82) is 0 Å². The normalized spacial score (nSPS) is 21.7. The predicted octanol–water partition coefficient (Wildman–Crippen LogP) is 3.01. The fourth-order valence-corrected chi connectivity index (χ4v) is 5.66. The minimum atomic E-state index is 0.0714. The van der Waals surface area contributed by atoms with Gasteiger partial charge in [-0.25, -0.2) is 9.78 Å². The summed E-state index contributed by atoms with van der Waals surface area (Å²) in [5.74, 6) is 0.360. The zero-order chi connectivity index (χ0) is 22.0. The molecule has 0 atom stereocenters. The van der Waals surface area contributed by atoms with E-state index in [4.69, 9.17) is 4.98 Å². The number of aromatic nitrogens is 1. The molecule has 0 N–H and O–H groups in total. The van der Waals surface area contributed by atoms with Crippen molar-refractivity contribution in [3.05, 3.63) is 16.1 Å². The monoisotopic (exact) mass is 447 g/mol. The highest BCUT2D eigenvalue weighted by Crippen LogP contribution is 2.26. The Labute approximate surface area is 190 Å². The van der Waals surface area contributed by atoms with Crippen LogP contribution in [0.25, 0.3) is 0 Å². The number of urea groups is 1. The highest BCUT2D eigenvalue weighted by Gasteiger charge is 2.33. The number of piperidine rings is 1. The zero-order valence-electron chi connectivity index (χ0n) is 19.3. The number of carbonyl (C=O) groups is 2.